The van der Waals surface area contributed by atoms with Gasteiger partial charge in [0.25, 0.3) is 5.91 Å². The van der Waals surface area contributed by atoms with E-state index in [9.17, 15) is 18.0 Å². The Labute approximate surface area is 176 Å². The summed E-state index contributed by atoms with van der Waals surface area (Å²) in [6, 6.07) is 13.9. The standard InChI is InChI=1S/C22H20F3NO3S/c1-28-17-7-6-14(12-18(17)29-2)10-11-26-21(27)20-9-8-19(30-20)15-4-3-5-16(13-15)22(23,24)25/h3-9,12-13H,10-11H2,1-2H3,(H,26,27). The molecular weight excluding hydrogens is 415 g/mol. The topological polar surface area (TPSA) is 47.6 Å². The van der Waals surface area contributed by atoms with Crippen molar-refractivity contribution < 1.29 is 27.4 Å². The van der Waals surface area contributed by atoms with Crippen molar-refractivity contribution in [3.8, 4) is 21.9 Å². The van der Waals surface area contributed by atoms with Crippen molar-refractivity contribution in [2.45, 2.75) is 12.6 Å². The minimum Gasteiger partial charge on any atom is -0.493 e. The second-order valence-corrected chi connectivity index (χ2v) is 7.52. The summed E-state index contributed by atoms with van der Waals surface area (Å²) in [4.78, 5) is 13.4. The first-order chi connectivity index (χ1) is 14.3. The molecule has 1 aromatic heterocycles. The number of nitrogens with one attached hydrogen (secondary N) is 1. The predicted molar refractivity (Wildman–Crippen MR) is 110 cm³/mol. The largest absolute Gasteiger partial charge is 0.493 e. The van der Waals surface area contributed by atoms with Crippen molar-refractivity contribution in [1.82, 2.24) is 5.32 Å². The second kappa shape index (κ2) is 9.21. The normalized spacial score (nSPS) is 11.2. The molecule has 3 aromatic rings. The van der Waals surface area contributed by atoms with Gasteiger partial charge in [0.2, 0.25) is 0 Å². The number of amides is 1. The van der Waals surface area contributed by atoms with Crippen LogP contribution in [-0.4, -0.2) is 26.7 Å². The zero-order valence-electron chi connectivity index (χ0n) is 16.4. The van der Waals surface area contributed by atoms with E-state index in [1.807, 2.05) is 12.1 Å². The number of rotatable bonds is 7. The zero-order valence-corrected chi connectivity index (χ0v) is 17.2. The molecule has 4 nitrogen and oxygen atoms in total. The van der Waals surface area contributed by atoms with E-state index in [1.54, 1.807) is 38.5 Å². The van der Waals surface area contributed by atoms with Crippen LogP contribution >= 0.6 is 11.3 Å². The van der Waals surface area contributed by atoms with Crippen LogP contribution in [0.1, 0.15) is 20.8 Å². The lowest BCUT2D eigenvalue weighted by atomic mass is 10.1. The summed E-state index contributed by atoms with van der Waals surface area (Å²) in [7, 11) is 3.12. The maximum absolute atomic E-state index is 12.9. The summed E-state index contributed by atoms with van der Waals surface area (Å²) >= 11 is 1.15. The number of thiophene rings is 1. The maximum atomic E-state index is 12.9. The van der Waals surface area contributed by atoms with Gasteiger partial charge >= 0.3 is 6.18 Å². The minimum absolute atomic E-state index is 0.265. The summed E-state index contributed by atoms with van der Waals surface area (Å²) in [5.74, 6) is 0.981. The smallest absolute Gasteiger partial charge is 0.416 e. The number of hydrogen-bond donors (Lipinski definition) is 1. The molecule has 0 aliphatic heterocycles. The predicted octanol–water partition coefficient (Wildman–Crippen LogP) is 5.42. The Bertz CT molecular complexity index is 1030. The Morgan fingerprint density at radius 2 is 1.77 bits per heavy atom. The summed E-state index contributed by atoms with van der Waals surface area (Å²) < 4.78 is 49.2. The van der Waals surface area contributed by atoms with Gasteiger partial charge in [-0.25, -0.2) is 0 Å². The monoisotopic (exact) mass is 435 g/mol. The highest BCUT2D eigenvalue weighted by Gasteiger charge is 2.30. The molecule has 30 heavy (non-hydrogen) atoms. The van der Waals surface area contributed by atoms with Crippen LogP contribution in [0.4, 0.5) is 13.2 Å². The van der Waals surface area contributed by atoms with Crippen LogP contribution in [0.2, 0.25) is 0 Å². The van der Waals surface area contributed by atoms with E-state index in [0.29, 0.717) is 39.8 Å². The van der Waals surface area contributed by atoms with Crippen LogP contribution in [0.15, 0.2) is 54.6 Å². The Morgan fingerprint density at radius 3 is 2.47 bits per heavy atom. The molecule has 0 fully saturated rings. The summed E-state index contributed by atoms with van der Waals surface area (Å²) in [6.45, 7) is 0.408. The second-order valence-electron chi connectivity index (χ2n) is 6.44. The number of hydrogen-bond acceptors (Lipinski definition) is 4. The minimum atomic E-state index is -4.41. The van der Waals surface area contributed by atoms with Gasteiger partial charge in [0, 0.05) is 11.4 Å². The van der Waals surface area contributed by atoms with E-state index in [4.69, 9.17) is 9.47 Å². The van der Waals surface area contributed by atoms with Crippen LogP contribution in [0.25, 0.3) is 10.4 Å². The Hall–Kier alpha value is -3.00. The first-order valence-electron chi connectivity index (χ1n) is 9.08. The fourth-order valence-corrected chi connectivity index (χ4v) is 3.83. The highest BCUT2D eigenvalue weighted by atomic mass is 32.1. The quantitative estimate of drug-likeness (QED) is 0.539. The lowest BCUT2D eigenvalue weighted by Gasteiger charge is -2.10. The molecule has 2 aromatic carbocycles. The first kappa shape index (κ1) is 21.7. The Morgan fingerprint density at radius 1 is 1.00 bits per heavy atom. The van der Waals surface area contributed by atoms with Crippen LogP contribution in [0.3, 0.4) is 0 Å². The van der Waals surface area contributed by atoms with Gasteiger partial charge in [-0.1, -0.05) is 18.2 Å². The van der Waals surface area contributed by atoms with Crippen molar-refractivity contribution in [2.24, 2.45) is 0 Å². The van der Waals surface area contributed by atoms with Gasteiger partial charge in [0.05, 0.1) is 24.7 Å². The molecule has 0 unspecified atom stereocenters. The molecule has 158 valence electrons. The van der Waals surface area contributed by atoms with Gasteiger partial charge in [-0.2, -0.15) is 13.2 Å². The van der Waals surface area contributed by atoms with Crippen LogP contribution in [-0.2, 0) is 12.6 Å². The third kappa shape index (κ3) is 5.13. The number of ether oxygens (including phenoxy) is 2. The number of methoxy groups -OCH3 is 2. The van der Waals surface area contributed by atoms with E-state index in [2.05, 4.69) is 5.32 Å². The Balaban J connectivity index is 1.62. The molecule has 8 heteroatoms. The lowest BCUT2D eigenvalue weighted by molar-refractivity contribution is -0.137. The van der Waals surface area contributed by atoms with E-state index in [0.717, 1.165) is 29.0 Å². The van der Waals surface area contributed by atoms with Gasteiger partial charge < -0.3 is 14.8 Å². The molecule has 0 radical (unpaired) electrons. The summed E-state index contributed by atoms with van der Waals surface area (Å²) in [5.41, 5.74) is 0.692. The lowest BCUT2D eigenvalue weighted by Crippen LogP contribution is -2.24. The van der Waals surface area contributed by atoms with Gasteiger partial charge in [0.1, 0.15) is 0 Å². The molecule has 0 aliphatic rings. The third-order valence-electron chi connectivity index (χ3n) is 4.45. The first-order valence-corrected chi connectivity index (χ1v) is 9.90. The number of carbonyl (C=O) groups is 1. The van der Waals surface area contributed by atoms with Gasteiger partial charge in [-0.05, 0) is 53.9 Å². The summed E-state index contributed by atoms with van der Waals surface area (Å²) in [6.07, 6.45) is -3.81. The van der Waals surface area contributed by atoms with Gasteiger partial charge in [-0.3, -0.25) is 4.79 Å². The zero-order chi connectivity index (χ0) is 21.7. The molecule has 0 aliphatic carbocycles. The molecule has 0 saturated carbocycles. The molecule has 0 spiro atoms. The number of alkyl halides is 3. The molecule has 1 heterocycles. The molecule has 1 amide bonds. The van der Waals surface area contributed by atoms with E-state index in [1.165, 1.54) is 6.07 Å². The van der Waals surface area contributed by atoms with Gasteiger partial charge in [0.15, 0.2) is 11.5 Å². The van der Waals surface area contributed by atoms with E-state index in [-0.39, 0.29) is 5.91 Å². The molecule has 1 N–H and O–H groups in total. The maximum Gasteiger partial charge on any atom is 0.416 e. The average molecular weight is 435 g/mol. The molecule has 0 saturated heterocycles. The SMILES string of the molecule is COc1ccc(CCNC(=O)c2ccc(-c3cccc(C(F)(F)F)c3)s2)cc1OC. The molecule has 0 atom stereocenters. The van der Waals surface area contributed by atoms with E-state index >= 15 is 0 Å². The highest BCUT2D eigenvalue weighted by molar-refractivity contribution is 7.17. The van der Waals surface area contributed by atoms with Crippen LogP contribution in [0.5, 0.6) is 11.5 Å². The van der Waals surface area contributed by atoms with E-state index < -0.39 is 11.7 Å². The van der Waals surface area contributed by atoms with Crippen molar-refractivity contribution >= 4 is 17.2 Å². The van der Waals surface area contributed by atoms with Crippen LogP contribution < -0.4 is 14.8 Å². The van der Waals surface area contributed by atoms with Gasteiger partial charge in [-0.15, -0.1) is 11.3 Å². The third-order valence-corrected chi connectivity index (χ3v) is 5.58. The number of halogens is 3. The molecule has 3 rings (SSSR count). The molecular formula is C22H20F3NO3S. The fourth-order valence-electron chi connectivity index (χ4n) is 2.91. The van der Waals surface area contributed by atoms with Crippen molar-refractivity contribution in [1.29, 1.82) is 0 Å². The summed E-state index contributed by atoms with van der Waals surface area (Å²) in [5, 5.41) is 2.83. The highest BCUT2D eigenvalue weighted by Crippen LogP contribution is 2.34. The Kier molecular flexibility index (Phi) is 6.66. The fraction of sp³-hybridized carbons (Fsp3) is 0.227. The van der Waals surface area contributed by atoms with Crippen molar-refractivity contribution in [3.05, 3.63) is 70.6 Å². The average Bonchev–Trinajstić information content (AvgIpc) is 3.23. The molecule has 0 bridgehead atoms. The number of carbonyl (C=O) groups excluding carboxylic acids is 1. The van der Waals surface area contributed by atoms with Crippen LogP contribution in [0, 0.1) is 0 Å². The number of benzene rings is 2. The van der Waals surface area contributed by atoms with Crippen molar-refractivity contribution in [2.75, 3.05) is 20.8 Å². The van der Waals surface area contributed by atoms with Crippen molar-refractivity contribution in [3.63, 3.8) is 0 Å².